The number of carbonyl (C=O) groups is 2. The van der Waals surface area contributed by atoms with E-state index in [-0.39, 0.29) is 17.1 Å². The van der Waals surface area contributed by atoms with Crippen LogP contribution in [0.25, 0.3) is 0 Å². The van der Waals surface area contributed by atoms with Crippen molar-refractivity contribution in [1.82, 2.24) is 4.90 Å². The summed E-state index contributed by atoms with van der Waals surface area (Å²) >= 11 is 0. The molecule has 0 bridgehead atoms. The molecule has 3 N–H and O–H groups in total. The Morgan fingerprint density at radius 2 is 1.74 bits per heavy atom. The lowest BCUT2D eigenvalue weighted by Gasteiger charge is -2.33. The number of rotatable bonds is 2. The zero-order valence-corrected chi connectivity index (χ0v) is 10.2. The first kappa shape index (κ1) is 13.2. The molecule has 6 heteroatoms. The number of aliphatic carboxylic acids is 1. The molecule has 1 aromatic carbocycles. The number of phenolic OH excluding ortho intramolecular Hbond substituents is 2. The van der Waals surface area contributed by atoms with Crippen molar-refractivity contribution < 1.29 is 24.9 Å². The van der Waals surface area contributed by atoms with E-state index in [1.54, 1.807) is 0 Å². The van der Waals surface area contributed by atoms with Crippen LogP contribution in [0.3, 0.4) is 0 Å². The monoisotopic (exact) mass is 265 g/mol. The number of hydrogen-bond donors (Lipinski definition) is 3. The van der Waals surface area contributed by atoms with Gasteiger partial charge < -0.3 is 20.2 Å². The second-order valence-corrected chi connectivity index (χ2v) is 4.59. The number of aromatic hydroxyl groups is 2. The molecule has 0 aromatic heterocycles. The topological polar surface area (TPSA) is 98.1 Å². The first-order chi connectivity index (χ1) is 8.99. The molecule has 0 saturated carbocycles. The lowest BCUT2D eigenvalue weighted by molar-refractivity contribution is -0.143. The van der Waals surface area contributed by atoms with Gasteiger partial charge in [0, 0.05) is 18.2 Å². The number of carbonyl (C=O) groups excluding carboxylic acids is 1. The van der Waals surface area contributed by atoms with Gasteiger partial charge in [-0.3, -0.25) is 4.79 Å². The normalized spacial score (nSPS) is 19.2. The average Bonchev–Trinajstić information content (AvgIpc) is 2.36. The highest BCUT2D eigenvalue weighted by Gasteiger charge is 2.32. The molecule has 1 atom stereocenters. The number of likely N-dealkylation sites (tertiary alicyclic amines) is 1. The Morgan fingerprint density at radius 3 is 2.32 bits per heavy atom. The van der Waals surface area contributed by atoms with Crippen LogP contribution >= 0.6 is 0 Å². The van der Waals surface area contributed by atoms with Crippen molar-refractivity contribution in [2.75, 3.05) is 6.54 Å². The maximum atomic E-state index is 12.3. The van der Waals surface area contributed by atoms with E-state index in [1.165, 1.54) is 17.0 Å². The molecule has 0 spiro atoms. The summed E-state index contributed by atoms with van der Waals surface area (Å²) in [4.78, 5) is 24.7. The maximum absolute atomic E-state index is 12.3. The first-order valence-electron chi connectivity index (χ1n) is 6.06. The molecular formula is C13H15NO5. The van der Waals surface area contributed by atoms with Crippen LogP contribution < -0.4 is 0 Å². The Hall–Kier alpha value is -2.24. The largest absolute Gasteiger partial charge is 0.508 e. The molecule has 1 fully saturated rings. The van der Waals surface area contributed by atoms with Gasteiger partial charge in [-0.1, -0.05) is 0 Å². The standard InChI is InChI=1S/C13H15NO5/c15-9-5-8(6-10(16)7-9)12(17)14-4-2-1-3-11(14)13(18)19/h5-7,11,15-16H,1-4H2,(H,18,19). The molecule has 2 rings (SSSR count). The van der Waals surface area contributed by atoms with E-state index < -0.39 is 17.9 Å². The van der Waals surface area contributed by atoms with Crippen molar-refractivity contribution in [2.24, 2.45) is 0 Å². The molecule has 1 unspecified atom stereocenters. The molecule has 0 aliphatic carbocycles. The molecule has 102 valence electrons. The van der Waals surface area contributed by atoms with E-state index in [4.69, 9.17) is 5.11 Å². The van der Waals surface area contributed by atoms with Crippen LogP contribution in [-0.4, -0.2) is 44.7 Å². The van der Waals surface area contributed by atoms with E-state index in [0.29, 0.717) is 13.0 Å². The van der Waals surface area contributed by atoms with Crippen molar-refractivity contribution in [3.05, 3.63) is 23.8 Å². The first-order valence-corrected chi connectivity index (χ1v) is 6.06. The van der Waals surface area contributed by atoms with E-state index in [2.05, 4.69) is 0 Å². The minimum atomic E-state index is -1.03. The van der Waals surface area contributed by atoms with Gasteiger partial charge in [0.05, 0.1) is 0 Å². The summed E-state index contributed by atoms with van der Waals surface area (Å²) in [5, 5.41) is 27.9. The number of hydrogen-bond acceptors (Lipinski definition) is 4. The number of piperidine rings is 1. The molecule has 0 radical (unpaired) electrons. The Kier molecular flexibility index (Phi) is 3.59. The molecule has 1 amide bonds. The summed E-state index contributed by atoms with van der Waals surface area (Å²) in [6, 6.07) is 2.71. The number of carboxylic acids is 1. The second kappa shape index (κ2) is 5.17. The summed E-state index contributed by atoms with van der Waals surface area (Å²) in [5.74, 6) is -1.98. The van der Waals surface area contributed by atoms with Crippen LogP contribution in [0.1, 0.15) is 29.6 Å². The smallest absolute Gasteiger partial charge is 0.326 e. The van der Waals surface area contributed by atoms with Crippen LogP contribution in [-0.2, 0) is 4.79 Å². The maximum Gasteiger partial charge on any atom is 0.326 e. The molecule has 1 aliphatic rings. The van der Waals surface area contributed by atoms with Gasteiger partial charge >= 0.3 is 5.97 Å². The van der Waals surface area contributed by atoms with Gasteiger partial charge in [0.25, 0.3) is 5.91 Å². The summed E-state index contributed by atoms with van der Waals surface area (Å²) in [6.45, 7) is 0.367. The van der Waals surface area contributed by atoms with E-state index in [0.717, 1.165) is 18.9 Å². The summed E-state index contributed by atoms with van der Waals surface area (Å²) in [7, 11) is 0. The van der Waals surface area contributed by atoms with Crippen molar-refractivity contribution in [2.45, 2.75) is 25.3 Å². The third-order valence-electron chi connectivity index (χ3n) is 3.20. The highest BCUT2D eigenvalue weighted by Crippen LogP contribution is 2.24. The van der Waals surface area contributed by atoms with Gasteiger partial charge in [0.15, 0.2) is 0 Å². The predicted molar refractivity (Wildman–Crippen MR) is 66.1 cm³/mol. The summed E-state index contributed by atoms with van der Waals surface area (Å²) in [6.07, 6.45) is 1.94. The summed E-state index contributed by atoms with van der Waals surface area (Å²) < 4.78 is 0. The fourth-order valence-electron chi connectivity index (χ4n) is 2.32. The zero-order valence-electron chi connectivity index (χ0n) is 10.2. The number of carboxylic acid groups (broad SMARTS) is 1. The van der Waals surface area contributed by atoms with Crippen molar-refractivity contribution in [1.29, 1.82) is 0 Å². The van der Waals surface area contributed by atoms with Crippen LogP contribution in [0, 0.1) is 0 Å². The Balaban J connectivity index is 2.28. The van der Waals surface area contributed by atoms with Crippen LogP contribution in [0.4, 0.5) is 0 Å². The quantitative estimate of drug-likeness (QED) is 0.745. The fraction of sp³-hybridized carbons (Fsp3) is 0.385. The number of phenols is 2. The van der Waals surface area contributed by atoms with Gasteiger partial charge in [-0.2, -0.15) is 0 Å². The Morgan fingerprint density at radius 1 is 1.11 bits per heavy atom. The molecule has 1 heterocycles. The van der Waals surface area contributed by atoms with E-state index >= 15 is 0 Å². The minimum Gasteiger partial charge on any atom is -0.508 e. The molecule has 1 aliphatic heterocycles. The Bertz CT molecular complexity index is 494. The fourth-order valence-corrected chi connectivity index (χ4v) is 2.32. The van der Waals surface area contributed by atoms with Crippen molar-refractivity contribution in [3.63, 3.8) is 0 Å². The van der Waals surface area contributed by atoms with E-state index in [1.807, 2.05) is 0 Å². The molecule has 1 saturated heterocycles. The second-order valence-electron chi connectivity index (χ2n) is 4.59. The average molecular weight is 265 g/mol. The SMILES string of the molecule is O=C(O)C1CCCCN1C(=O)c1cc(O)cc(O)c1. The van der Waals surface area contributed by atoms with Gasteiger partial charge in [0.2, 0.25) is 0 Å². The van der Waals surface area contributed by atoms with Crippen molar-refractivity contribution >= 4 is 11.9 Å². The lowest BCUT2D eigenvalue weighted by Crippen LogP contribution is -2.47. The Labute approximate surface area is 109 Å². The van der Waals surface area contributed by atoms with Gasteiger partial charge in [0.1, 0.15) is 17.5 Å². The van der Waals surface area contributed by atoms with Gasteiger partial charge in [-0.25, -0.2) is 4.79 Å². The van der Waals surface area contributed by atoms with Crippen LogP contribution in [0.5, 0.6) is 11.5 Å². The van der Waals surface area contributed by atoms with Crippen LogP contribution in [0.2, 0.25) is 0 Å². The zero-order chi connectivity index (χ0) is 14.0. The van der Waals surface area contributed by atoms with Gasteiger partial charge in [-0.05, 0) is 31.4 Å². The number of nitrogens with zero attached hydrogens (tertiary/aromatic N) is 1. The third kappa shape index (κ3) is 2.78. The molecule has 6 nitrogen and oxygen atoms in total. The predicted octanol–water partition coefficient (Wildman–Crippen LogP) is 1.18. The molecule has 19 heavy (non-hydrogen) atoms. The number of amides is 1. The highest BCUT2D eigenvalue weighted by atomic mass is 16.4. The van der Waals surface area contributed by atoms with Crippen molar-refractivity contribution in [3.8, 4) is 11.5 Å². The minimum absolute atomic E-state index is 0.0886. The van der Waals surface area contributed by atoms with Gasteiger partial charge in [-0.15, -0.1) is 0 Å². The highest BCUT2D eigenvalue weighted by molar-refractivity contribution is 5.97. The number of benzene rings is 1. The van der Waals surface area contributed by atoms with E-state index in [9.17, 15) is 19.8 Å². The lowest BCUT2D eigenvalue weighted by atomic mass is 10.0. The molecule has 1 aromatic rings. The third-order valence-corrected chi connectivity index (χ3v) is 3.20. The summed E-state index contributed by atoms with van der Waals surface area (Å²) in [5.41, 5.74) is 0.0886. The van der Waals surface area contributed by atoms with Crippen LogP contribution in [0.15, 0.2) is 18.2 Å². The molecular weight excluding hydrogens is 250 g/mol.